The molecule has 2 aromatic heterocycles. The number of Topliss-reactive ketones (excluding diaryl/α,β-unsaturated/α-hetero) is 1. The molecule has 190 valence electrons. The Hall–Kier alpha value is -4.39. The van der Waals surface area contributed by atoms with E-state index in [0.29, 0.717) is 62.8 Å². The van der Waals surface area contributed by atoms with E-state index in [0.717, 1.165) is 0 Å². The molecule has 1 atom stereocenters. The third kappa shape index (κ3) is 4.79. The van der Waals surface area contributed by atoms with Crippen LogP contribution in [0.15, 0.2) is 67.8 Å². The van der Waals surface area contributed by atoms with Gasteiger partial charge in [0.15, 0.2) is 10.1 Å². The maximum Gasteiger partial charge on any atom is 0.234 e. The van der Waals surface area contributed by atoms with Crippen molar-refractivity contribution in [1.29, 1.82) is 10.5 Å². The zero-order chi connectivity index (χ0) is 26.8. The van der Waals surface area contributed by atoms with Crippen molar-refractivity contribution in [2.45, 2.75) is 36.4 Å². The molecule has 0 saturated heterocycles. The topological polar surface area (TPSA) is 162 Å². The molecule has 3 N–H and O–H groups in total. The summed E-state index contributed by atoms with van der Waals surface area (Å²) in [4.78, 5) is 27.2. The number of furan rings is 1. The van der Waals surface area contributed by atoms with E-state index in [-0.39, 0.29) is 28.8 Å². The Bertz CT molecular complexity index is 1570. The van der Waals surface area contributed by atoms with E-state index in [2.05, 4.69) is 21.6 Å². The monoisotopic (exact) mass is 543 g/mol. The largest absolute Gasteiger partial charge is 0.465 e. The van der Waals surface area contributed by atoms with E-state index in [9.17, 15) is 14.9 Å². The van der Waals surface area contributed by atoms with Crippen LogP contribution in [0.4, 0.5) is 10.8 Å². The van der Waals surface area contributed by atoms with Crippen LogP contribution in [0.25, 0.3) is 0 Å². The van der Waals surface area contributed by atoms with Crippen molar-refractivity contribution in [3.8, 4) is 12.1 Å². The molecule has 1 unspecified atom stereocenters. The lowest BCUT2D eigenvalue weighted by Gasteiger charge is -2.37. The smallest absolute Gasteiger partial charge is 0.234 e. The zero-order valence-electron chi connectivity index (χ0n) is 20.2. The van der Waals surface area contributed by atoms with E-state index in [1.165, 1.54) is 23.1 Å². The van der Waals surface area contributed by atoms with E-state index in [4.69, 9.17) is 15.4 Å². The summed E-state index contributed by atoms with van der Waals surface area (Å²) in [5, 5.41) is 30.6. The Morgan fingerprint density at radius 3 is 2.68 bits per heavy atom. The van der Waals surface area contributed by atoms with Gasteiger partial charge in [0.25, 0.3) is 0 Å². The number of carbonyl (C=O) groups excluding carboxylic acids is 2. The molecule has 0 spiro atoms. The van der Waals surface area contributed by atoms with Gasteiger partial charge in [-0.2, -0.15) is 10.5 Å². The fourth-order valence-electron chi connectivity index (χ4n) is 4.50. The molecule has 2 aliphatic rings. The Labute approximate surface area is 226 Å². The number of thioether (sulfide) groups is 1. The van der Waals surface area contributed by atoms with E-state index < -0.39 is 5.92 Å². The van der Waals surface area contributed by atoms with Gasteiger partial charge < -0.3 is 15.5 Å². The van der Waals surface area contributed by atoms with Gasteiger partial charge in [-0.1, -0.05) is 23.1 Å². The van der Waals surface area contributed by atoms with Crippen molar-refractivity contribution < 1.29 is 14.0 Å². The maximum absolute atomic E-state index is 13.1. The number of amides is 1. The van der Waals surface area contributed by atoms with Gasteiger partial charge in [-0.15, -0.1) is 10.2 Å². The predicted molar refractivity (Wildman–Crippen MR) is 142 cm³/mol. The number of allylic oxidation sites excluding steroid dienone is 3. The first-order chi connectivity index (χ1) is 18.4. The maximum atomic E-state index is 13.1. The number of nitriles is 2. The Morgan fingerprint density at radius 1 is 1.21 bits per heavy atom. The van der Waals surface area contributed by atoms with Gasteiger partial charge in [-0.05, 0) is 56.2 Å². The summed E-state index contributed by atoms with van der Waals surface area (Å²) < 4.78 is 6.36. The number of hydrogen-bond acceptors (Lipinski definition) is 11. The first kappa shape index (κ1) is 25.3. The summed E-state index contributed by atoms with van der Waals surface area (Å²) >= 11 is 2.44. The number of nitrogens with one attached hydrogen (secondary N) is 1. The highest BCUT2D eigenvalue weighted by Gasteiger charge is 2.42. The molecule has 10 nitrogen and oxygen atoms in total. The Balaban J connectivity index is 1.38. The molecular formula is C26H21N7O3S2. The second-order valence-electron chi connectivity index (χ2n) is 8.64. The van der Waals surface area contributed by atoms with Crippen LogP contribution in [0.1, 0.15) is 42.3 Å². The summed E-state index contributed by atoms with van der Waals surface area (Å²) in [6.45, 7) is 1.81. The molecule has 0 bridgehead atoms. The number of aromatic nitrogens is 2. The molecule has 1 amide bonds. The number of nitrogens with two attached hydrogens (primary N) is 1. The number of hydrogen-bond donors (Lipinski definition) is 2. The van der Waals surface area contributed by atoms with Crippen LogP contribution < -0.4 is 16.0 Å². The summed E-state index contributed by atoms with van der Waals surface area (Å²) in [7, 11) is 0. The minimum atomic E-state index is -0.666. The van der Waals surface area contributed by atoms with E-state index >= 15 is 0 Å². The van der Waals surface area contributed by atoms with Crippen molar-refractivity contribution in [3.63, 3.8) is 0 Å². The minimum absolute atomic E-state index is 0.0471. The highest BCUT2D eigenvalue weighted by molar-refractivity contribution is 8.01. The molecule has 0 saturated carbocycles. The van der Waals surface area contributed by atoms with E-state index in [1.807, 2.05) is 6.07 Å². The van der Waals surface area contributed by atoms with Crippen LogP contribution in [0, 0.1) is 29.6 Å². The van der Waals surface area contributed by atoms with Gasteiger partial charge in [-0.25, -0.2) is 0 Å². The minimum Gasteiger partial charge on any atom is -0.465 e. The number of aryl methyl sites for hydroxylation is 1. The molecule has 5 rings (SSSR count). The van der Waals surface area contributed by atoms with Crippen LogP contribution in [0.3, 0.4) is 0 Å². The average molecular weight is 544 g/mol. The summed E-state index contributed by atoms with van der Waals surface area (Å²) in [5.74, 6) is 0.514. The van der Waals surface area contributed by atoms with Gasteiger partial charge in [0.2, 0.25) is 11.0 Å². The number of nitrogens with zero attached hydrogens (tertiary/aromatic N) is 5. The SMILES string of the molecule is Cc1ccc(C2C(C#N)=C(N)N(c3nnc(SCC(=O)Nc4ccc(C#N)cc4)s3)C3=C2C(=O)CCC3)o1. The highest BCUT2D eigenvalue weighted by atomic mass is 32.2. The quantitative estimate of drug-likeness (QED) is 0.427. The molecule has 0 fully saturated rings. The molecule has 3 heterocycles. The molecule has 0 radical (unpaired) electrons. The molecule has 38 heavy (non-hydrogen) atoms. The van der Waals surface area contributed by atoms with Crippen molar-refractivity contribution in [2.75, 3.05) is 16.0 Å². The number of carbonyl (C=O) groups is 2. The van der Waals surface area contributed by atoms with Crippen LogP contribution in [-0.2, 0) is 9.59 Å². The van der Waals surface area contributed by atoms with Crippen LogP contribution >= 0.6 is 23.1 Å². The summed E-state index contributed by atoms with van der Waals surface area (Å²) in [5.41, 5.74) is 9.05. The van der Waals surface area contributed by atoms with Gasteiger partial charge in [0.05, 0.1) is 34.9 Å². The molecule has 1 aliphatic carbocycles. The first-order valence-electron chi connectivity index (χ1n) is 11.7. The third-order valence-corrected chi connectivity index (χ3v) is 8.21. The second kappa shape index (κ2) is 10.5. The second-order valence-corrected chi connectivity index (χ2v) is 10.8. The number of anilines is 2. The standard InChI is InChI=1S/C26H21N7O3S2/c1-14-5-10-20(36-14)22-17(12-28)24(29)33(18-3-2-4-19(34)23(18)22)25-31-32-26(38-25)37-13-21(35)30-16-8-6-15(11-27)7-9-16/h5-10,22H,2-4,13,29H2,1H3,(H,30,35). The highest BCUT2D eigenvalue weighted by Crippen LogP contribution is 2.47. The van der Waals surface area contributed by atoms with Gasteiger partial charge in [-0.3, -0.25) is 14.5 Å². The van der Waals surface area contributed by atoms with Crippen molar-refractivity contribution in [3.05, 3.63) is 76.1 Å². The normalized spacial score (nSPS) is 17.2. The molecule has 1 aromatic carbocycles. The van der Waals surface area contributed by atoms with Gasteiger partial charge in [0.1, 0.15) is 17.3 Å². The Morgan fingerprint density at radius 2 is 2.00 bits per heavy atom. The van der Waals surface area contributed by atoms with Crippen LogP contribution in [-0.4, -0.2) is 27.6 Å². The molecule has 12 heteroatoms. The van der Waals surface area contributed by atoms with Crippen molar-refractivity contribution in [1.82, 2.24) is 10.2 Å². The number of ketones is 1. The lowest BCUT2D eigenvalue weighted by Crippen LogP contribution is -2.38. The lowest BCUT2D eigenvalue weighted by atomic mass is 9.78. The van der Waals surface area contributed by atoms with Crippen molar-refractivity contribution in [2.24, 2.45) is 5.73 Å². The summed E-state index contributed by atoms with van der Waals surface area (Å²) in [6.07, 6.45) is 1.63. The van der Waals surface area contributed by atoms with Crippen LogP contribution in [0.5, 0.6) is 0 Å². The number of rotatable bonds is 6. The van der Waals surface area contributed by atoms with Gasteiger partial charge in [0, 0.05) is 23.4 Å². The molecular weight excluding hydrogens is 522 g/mol. The first-order valence-corrected chi connectivity index (χ1v) is 13.5. The molecule has 1 aliphatic heterocycles. The molecule has 3 aromatic rings. The van der Waals surface area contributed by atoms with E-state index in [1.54, 1.807) is 48.2 Å². The third-order valence-electron chi connectivity index (χ3n) is 6.17. The van der Waals surface area contributed by atoms with Gasteiger partial charge >= 0.3 is 0 Å². The van der Waals surface area contributed by atoms with Crippen molar-refractivity contribution >= 4 is 45.6 Å². The average Bonchev–Trinajstić information content (AvgIpc) is 3.56. The number of benzene rings is 1. The zero-order valence-corrected chi connectivity index (χ0v) is 21.9. The fourth-order valence-corrected chi connectivity index (χ4v) is 6.18. The lowest BCUT2D eigenvalue weighted by molar-refractivity contribution is -0.116. The summed E-state index contributed by atoms with van der Waals surface area (Å²) in [6, 6.07) is 14.4. The fraction of sp³-hybridized carbons (Fsp3) is 0.231. The predicted octanol–water partition coefficient (Wildman–Crippen LogP) is 4.35. The Kier molecular flexibility index (Phi) is 7.01. The van der Waals surface area contributed by atoms with Crippen LogP contribution in [0.2, 0.25) is 0 Å².